The molecule has 1 aromatic carbocycles. The van der Waals surface area contributed by atoms with E-state index in [2.05, 4.69) is 5.32 Å². The molecule has 0 bridgehead atoms. The van der Waals surface area contributed by atoms with Crippen LogP contribution in [0.4, 0.5) is 0 Å². The molecule has 1 unspecified atom stereocenters. The predicted molar refractivity (Wildman–Crippen MR) is 89.1 cm³/mol. The summed E-state index contributed by atoms with van der Waals surface area (Å²) in [6.07, 6.45) is 1.24. The zero-order valence-electron chi connectivity index (χ0n) is 12.9. The van der Waals surface area contributed by atoms with E-state index in [4.69, 9.17) is 0 Å². The van der Waals surface area contributed by atoms with Crippen molar-refractivity contribution in [2.24, 2.45) is 5.92 Å². The van der Waals surface area contributed by atoms with Gasteiger partial charge >= 0.3 is 0 Å². The van der Waals surface area contributed by atoms with Crippen molar-refractivity contribution in [2.75, 3.05) is 26.7 Å². The smallest absolute Gasteiger partial charge is 0.243 e. The molecule has 1 aliphatic heterocycles. The Morgan fingerprint density at radius 2 is 2.14 bits per heavy atom. The van der Waals surface area contributed by atoms with E-state index in [1.807, 2.05) is 7.05 Å². The van der Waals surface area contributed by atoms with Gasteiger partial charge in [0.15, 0.2) is 5.78 Å². The molecule has 1 heterocycles. The van der Waals surface area contributed by atoms with E-state index in [-0.39, 0.29) is 23.1 Å². The van der Waals surface area contributed by atoms with Crippen LogP contribution in [0.25, 0.3) is 0 Å². The molecule has 1 fully saturated rings. The molecule has 0 radical (unpaired) electrons. The first-order valence-electron chi connectivity index (χ1n) is 7.27. The molecule has 0 aliphatic carbocycles. The van der Waals surface area contributed by atoms with Gasteiger partial charge in [-0.15, -0.1) is 12.4 Å². The highest BCUT2D eigenvalue weighted by Gasteiger charge is 2.32. The fourth-order valence-electron chi connectivity index (χ4n) is 2.65. The van der Waals surface area contributed by atoms with Crippen LogP contribution in [0.2, 0.25) is 0 Å². The van der Waals surface area contributed by atoms with Crippen molar-refractivity contribution in [3.05, 3.63) is 29.8 Å². The Hall–Kier alpha value is -0.950. The van der Waals surface area contributed by atoms with Crippen LogP contribution in [-0.2, 0) is 10.0 Å². The number of benzene rings is 1. The molecule has 124 valence electrons. The van der Waals surface area contributed by atoms with E-state index >= 15 is 0 Å². The highest BCUT2D eigenvalue weighted by Crippen LogP contribution is 2.24. The second-order valence-corrected chi connectivity index (χ2v) is 7.32. The average Bonchev–Trinajstić information content (AvgIpc) is 2.96. The third-order valence-electron chi connectivity index (χ3n) is 3.86. The zero-order chi connectivity index (χ0) is 15.5. The van der Waals surface area contributed by atoms with Gasteiger partial charge in [-0.25, -0.2) is 8.42 Å². The molecule has 1 atom stereocenters. The standard InChI is InChI=1S/C15H22N2O3S.ClH/c1-3-15(18)13-5-4-6-14(9-13)21(19,20)17-8-7-12(11-17)10-16-2;/h4-6,9,12,16H,3,7-8,10-11H2,1-2H3;1H. The Bertz CT molecular complexity index is 619. The number of hydrogen-bond donors (Lipinski definition) is 1. The van der Waals surface area contributed by atoms with Crippen molar-refractivity contribution in [1.29, 1.82) is 0 Å². The predicted octanol–water partition coefficient (Wildman–Crippen LogP) is 1.93. The van der Waals surface area contributed by atoms with Gasteiger partial charge in [-0.2, -0.15) is 4.31 Å². The quantitative estimate of drug-likeness (QED) is 0.799. The van der Waals surface area contributed by atoms with Crippen LogP contribution in [-0.4, -0.2) is 45.2 Å². The monoisotopic (exact) mass is 346 g/mol. The largest absolute Gasteiger partial charge is 0.319 e. The number of carbonyl (C=O) groups excluding carboxylic acids is 1. The van der Waals surface area contributed by atoms with E-state index in [9.17, 15) is 13.2 Å². The maximum absolute atomic E-state index is 12.6. The topological polar surface area (TPSA) is 66.5 Å². The van der Waals surface area contributed by atoms with Crippen molar-refractivity contribution < 1.29 is 13.2 Å². The molecule has 5 nitrogen and oxygen atoms in total. The fourth-order valence-corrected chi connectivity index (χ4v) is 4.23. The Labute approximate surface area is 138 Å². The molecule has 2 rings (SSSR count). The normalized spacial score (nSPS) is 18.9. The first-order chi connectivity index (χ1) is 9.98. The van der Waals surface area contributed by atoms with Crippen molar-refractivity contribution in [3.8, 4) is 0 Å². The highest BCUT2D eigenvalue weighted by molar-refractivity contribution is 7.89. The van der Waals surface area contributed by atoms with Gasteiger partial charge in [0.2, 0.25) is 10.0 Å². The number of nitrogens with zero attached hydrogens (tertiary/aromatic N) is 1. The van der Waals surface area contributed by atoms with Gasteiger partial charge in [0.1, 0.15) is 0 Å². The number of nitrogens with one attached hydrogen (secondary N) is 1. The van der Waals surface area contributed by atoms with Crippen LogP contribution in [0.3, 0.4) is 0 Å². The van der Waals surface area contributed by atoms with Gasteiger partial charge in [-0.1, -0.05) is 19.1 Å². The molecule has 1 aromatic rings. The SMILES string of the molecule is CCC(=O)c1cccc(S(=O)(=O)N2CCC(CNC)C2)c1.Cl. The number of ketones is 1. The fraction of sp³-hybridized carbons (Fsp3) is 0.533. The maximum atomic E-state index is 12.6. The number of halogens is 1. The second kappa shape index (κ2) is 8.06. The van der Waals surface area contributed by atoms with E-state index in [1.165, 1.54) is 10.4 Å². The lowest BCUT2D eigenvalue weighted by molar-refractivity contribution is 0.0988. The van der Waals surface area contributed by atoms with Gasteiger partial charge in [-0.05, 0) is 38.1 Å². The van der Waals surface area contributed by atoms with Crippen LogP contribution in [0.15, 0.2) is 29.2 Å². The van der Waals surface area contributed by atoms with Crippen LogP contribution in [0.1, 0.15) is 30.1 Å². The van der Waals surface area contributed by atoms with E-state index < -0.39 is 10.0 Å². The lowest BCUT2D eigenvalue weighted by Crippen LogP contribution is -2.30. The van der Waals surface area contributed by atoms with Crippen LogP contribution >= 0.6 is 12.4 Å². The number of hydrogen-bond acceptors (Lipinski definition) is 4. The summed E-state index contributed by atoms with van der Waals surface area (Å²) in [5, 5.41) is 3.09. The van der Waals surface area contributed by atoms with Crippen LogP contribution < -0.4 is 5.32 Å². The minimum atomic E-state index is -3.50. The van der Waals surface area contributed by atoms with Crippen molar-refractivity contribution in [1.82, 2.24) is 9.62 Å². The van der Waals surface area contributed by atoms with Gasteiger partial charge in [0.25, 0.3) is 0 Å². The van der Waals surface area contributed by atoms with Gasteiger partial charge < -0.3 is 5.32 Å². The molecule has 7 heteroatoms. The number of carbonyl (C=O) groups is 1. The first kappa shape index (κ1) is 19.1. The van der Waals surface area contributed by atoms with Gasteiger partial charge in [-0.3, -0.25) is 4.79 Å². The summed E-state index contributed by atoms with van der Waals surface area (Å²) < 4.78 is 26.8. The lowest BCUT2D eigenvalue weighted by atomic mass is 10.1. The molecule has 22 heavy (non-hydrogen) atoms. The molecule has 1 saturated heterocycles. The maximum Gasteiger partial charge on any atom is 0.243 e. The number of rotatable bonds is 6. The van der Waals surface area contributed by atoms with E-state index in [1.54, 1.807) is 25.1 Å². The van der Waals surface area contributed by atoms with E-state index in [0.717, 1.165) is 13.0 Å². The summed E-state index contributed by atoms with van der Waals surface area (Å²) in [5.41, 5.74) is 0.463. The molecule has 1 N–H and O–H groups in total. The summed E-state index contributed by atoms with van der Waals surface area (Å²) in [7, 11) is -1.63. The van der Waals surface area contributed by atoms with Crippen molar-refractivity contribution in [3.63, 3.8) is 0 Å². The summed E-state index contributed by atoms with van der Waals surface area (Å²) in [6, 6.07) is 6.36. The first-order valence-corrected chi connectivity index (χ1v) is 8.71. The number of Topliss-reactive ketones (excluding diaryl/α,β-unsaturated/α-hetero) is 1. The Morgan fingerprint density at radius 3 is 2.77 bits per heavy atom. The second-order valence-electron chi connectivity index (χ2n) is 5.38. The van der Waals surface area contributed by atoms with Crippen LogP contribution in [0.5, 0.6) is 0 Å². The van der Waals surface area contributed by atoms with Gasteiger partial charge in [0.05, 0.1) is 4.90 Å². The molecular formula is C15H23ClN2O3S. The van der Waals surface area contributed by atoms with Crippen molar-refractivity contribution >= 4 is 28.2 Å². The third-order valence-corrected chi connectivity index (χ3v) is 5.72. The minimum absolute atomic E-state index is 0. The van der Waals surface area contributed by atoms with Gasteiger partial charge in [0, 0.05) is 25.1 Å². The van der Waals surface area contributed by atoms with E-state index in [0.29, 0.717) is 31.0 Å². The zero-order valence-corrected chi connectivity index (χ0v) is 14.5. The minimum Gasteiger partial charge on any atom is -0.319 e. The summed E-state index contributed by atoms with van der Waals surface area (Å²) >= 11 is 0. The molecule has 0 saturated carbocycles. The Kier molecular flexibility index (Phi) is 6.99. The summed E-state index contributed by atoms with van der Waals surface area (Å²) in [4.78, 5) is 11.9. The summed E-state index contributed by atoms with van der Waals surface area (Å²) in [6.45, 7) is 3.67. The third kappa shape index (κ3) is 4.07. The molecule has 0 aromatic heterocycles. The Morgan fingerprint density at radius 1 is 1.41 bits per heavy atom. The molecular weight excluding hydrogens is 324 g/mol. The molecule has 1 aliphatic rings. The Balaban J connectivity index is 0.00000242. The number of sulfonamides is 1. The van der Waals surface area contributed by atoms with Crippen molar-refractivity contribution in [2.45, 2.75) is 24.7 Å². The van der Waals surface area contributed by atoms with Crippen LogP contribution in [0, 0.1) is 5.92 Å². The average molecular weight is 347 g/mol. The highest BCUT2D eigenvalue weighted by atomic mass is 35.5. The molecule has 0 spiro atoms. The molecule has 0 amide bonds. The summed E-state index contributed by atoms with van der Waals surface area (Å²) in [5.74, 6) is 0.312. The lowest BCUT2D eigenvalue weighted by Gasteiger charge is -2.17.